The van der Waals surface area contributed by atoms with E-state index in [9.17, 15) is 9.18 Å². The van der Waals surface area contributed by atoms with Gasteiger partial charge in [-0.15, -0.1) is 0 Å². The Bertz CT molecular complexity index is 428. The van der Waals surface area contributed by atoms with E-state index in [1.165, 1.54) is 12.1 Å². The van der Waals surface area contributed by atoms with Crippen LogP contribution in [0.2, 0.25) is 0 Å². The molecule has 104 valence electrons. The van der Waals surface area contributed by atoms with Gasteiger partial charge in [-0.3, -0.25) is 4.79 Å². The van der Waals surface area contributed by atoms with Gasteiger partial charge in [0.05, 0.1) is 5.54 Å². The Labute approximate surface area is 112 Å². The van der Waals surface area contributed by atoms with Crippen LogP contribution in [0, 0.1) is 5.82 Å². The number of halogens is 1. The topological polar surface area (TPSA) is 64.4 Å². The Hall–Kier alpha value is -1.46. The average molecular weight is 266 g/mol. The lowest BCUT2D eigenvalue weighted by atomic mass is 9.90. The highest BCUT2D eigenvalue weighted by molar-refractivity contribution is 5.86. The fourth-order valence-corrected chi connectivity index (χ4v) is 2.11. The number of amides is 1. The van der Waals surface area contributed by atoms with E-state index in [-0.39, 0.29) is 11.7 Å². The summed E-state index contributed by atoms with van der Waals surface area (Å²) in [6, 6.07) is 6.27. The van der Waals surface area contributed by atoms with Crippen molar-refractivity contribution in [1.29, 1.82) is 0 Å². The van der Waals surface area contributed by atoms with Crippen molar-refractivity contribution in [3.8, 4) is 0 Å². The monoisotopic (exact) mass is 266 g/mol. The van der Waals surface area contributed by atoms with Crippen LogP contribution in [0.25, 0.3) is 0 Å². The lowest BCUT2D eigenvalue weighted by molar-refractivity contribution is -0.129. The van der Waals surface area contributed by atoms with Crippen LogP contribution in [-0.2, 0) is 16.0 Å². The number of ether oxygens (including phenoxy) is 1. The second-order valence-corrected chi connectivity index (χ2v) is 4.90. The van der Waals surface area contributed by atoms with Crippen LogP contribution in [-0.4, -0.2) is 31.2 Å². The summed E-state index contributed by atoms with van der Waals surface area (Å²) in [5, 5.41) is 2.84. The van der Waals surface area contributed by atoms with E-state index < -0.39 is 5.54 Å². The van der Waals surface area contributed by atoms with E-state index in [0.29, 0.717) is 39.0 Å². The molecule has 1 amide bonds. The third-order valence-corrected chi connectivity index (χ3v) is 3.45. The van der Waals surface area contributed by atoms with E-state index in [1.54, 1.807) is 12.1 Å². The maximum absolute atomic E-state index is 12.7. The molecule has 0 radical (unpaired) electrons. The fraction of sp³-hybridized carbons (Fsp3) is 0.500. The van der Waals surface area contributed by atoms with Gasteiger partial charge in [-0.05, 0) is 37.0 Å². The minimum absolute atomic E-state index is 0.127. The number of hydrogen-bond donors (Lipinski definition) is 2. The SMILES string of the molecule is NC1(C(=O)NCCc2ccc(F)cc2)CCOCC1. The summed E-state index contributed by atoms with van der Waals surface area (Å²) in [4.78, 5) is 12.0. The van der Waals surface area contributed by atoms with E-state index in [1.807, 2.05) is 0 Å². The van der Waals surface area contributed by atoms with Gasteiger partial charge in [-0.2, -0.15) is 0 Å². The van der Waals surface area contributed by atoms with E-state index >= 15 is 0 Å². The highest BCUT2D eigenvalue weighted by Crippen LogP contribution is 2.17. The first-order valence-electron chi connectivity index (χ1n) is 6.49. The van der Waals surface area contributed by atoms with Crippen molar-refractivity contribution >= 4 is 5.91 Å². The normalized spacial score (nSPS) is 18.0. The van der Waals surface area contributed by atoms with Gasteiger partial charge in [-0.1, -0.05) is 12.1 Å². The van der Waals surface area contributed by atoms with Crippen molar-refractivity contribution in [1.82, 2.24) is 5.32 Å². The highest BCUT2D eigenvalue weighted by atomic mass is 19.1. The number of carbonyl (C=O) groups excluding carboxylic acids is 1. The van der Waals surface area contributed by atoms with E-state index in [4.69, 9.17) is 10.5 Å². The molecule has 1 fully saturated rings. The number of carbonyl (C=O) groups is 1. The first kappa shape index (κ1) is 14.0. The van der Waals surface area contributed by atoms with Gasteiger partial charge in [0.25, 0.3) is 0 Å². The zero-order valence-corrected chi connectivity index (χ0v) is 10.8. The Morgan fingerprint density at radius 1 is 1.32 bits per heavy atom. The summed E-state index contributed by atoms with van der Waals surface area (Å²) in [5.41, 5.74) is 6.24. The van der Waals surface area contributed by atoms with E-state index in [2.05, 4.69) is 5.32 Å². The molecule has 5 heteroatoms. The smallest absolute Gasteiger partial charge is 0.240 e. The highest BCUT2D eigenvalue weighted by Gasteiger charge is 2.35. The number of nitrogens with one attached hydrogen (secondary N) is 1. The molecule has 19 heavy (non-hydrogen) atoms. The van der Waals surface area contributed by atoms with Crippen molar-refractivity contribution in [2.45, 2.75) is 24.8 Å². The number of nitrogens with two attached hydrogens (primary N) is 1. The van der Waals surface area contributed by atoms with Crippen molar-refractivity contribution in [3.05, 3.63) is 35.6 Å². The van der Waals surface area contributed by atoms with Crippen LogP contribution in [0.15, 0.2) is 24.3 Å². The molecular formula is C14H19FN2O2. The molecule has 2 rings (SSSR count). The van der Waals surface area contributed by atoms with Crippen molar-refractivity contribution in [3.63, 3.8) is 0 Å². The van der Waals surface area contributed by atoms with Gasteiger partial charge in [0.15, 0.2) is 0 Å². The van der Waals surface area contributed by atoms with Crippen molar-refractivity contribution in [2.24, 2.45) is 5.73 Å². The number of hydrogen-bond acceptors (Lipinski definition) is 3. The average Bonchev–Trinajstić information content (AvgIpc) is 2.42. The molecule has 0 atom stereocenters. The molecule has 1 saturated heterocycles. The summed E-state index contributed by atoms with van der Waals surface area (Å²) in [5.74, 6) is -0.381. The Balaban J connectivity index is 1.78. The zero-order valence-electron chi connectivity index (χ0n) is 10.8. The molecule has 0 unspecified atom stereocenters. The summed E-state index contributed by atoms with van der Waals surface area (Å²) >= 11 is 0. The van der Waals surface area contributed by atoms with Crippen LogP contribution in [0.5, 0.6) is 0 Å². The minimum Gasteiger partial charge on any atom is -0.381 e. The van der Waals surface area contributed by atoms with Gasteiger partial charge in [0, 0.05) is 19.8 Å². The molecule has 3 N–H and O–H groups in total. The second-order valence-electron chi connectivity index (χ2n) is 4.90. The van der Waals surface area contributed by atoms with Crippen LogP contribution in [0.3, 0.4) is 0 Å². The molecule has 0 bridgehead atoms. The molecule has 1 aliphatic heterocycles. The largest absolute Gasteiger partial charge is 0.381 e. The molecule has 1 aromatic carbocycles. The molecule has 0 aliphatic carbocycles. The summed E-state index contributed by atoms with van der Waals surface area (Å²) in [7, 11) is 0. The molecule has 4 nitrogen and oxygen atoms in total. The van der Waals surface area contributed by atoms with Gasteiger partial charge in [0.2, 0.25) is 5.91 Å². The number of rotatable bonds is 4. The summed E-state index contributed by atoms with van der Waals surface area (Å²) in [6.45, 7) is 1.56. The third kappa shape index (κ3) is 3.75. The maximum atomic E-state index is 12.7. The van der Waals surface area contributed by atoms with Crippen molar-refractivity contribution < 1.29 is 13.9 Å². The van der Waals surface area contributed by atoms with Crippen LogP contribution >= 0.6 is 0 Å². The predicted octanol–water partition coefficient (Wildman–Crippen LogP) is 0.992. The first-order valence-corrected chi connectivity index (χ1v) is 6.49. The first-order chi connectivity index (χ1) is 9.10. The van der Waals surface area contributed by atoms with Gasteiger partial charge in [-0.25, -0.2) is 4.39 Å². The summed E-state index contributed by atoms with van der Waals surface area (Å²) in [6.07, 6.45) is 1.77. The quantitative estimate of drug-likeness (QED) is 0.854. The third-order valence-electron chi connectivity index (χ3n) is 3.45. The number of benzene rings is 1. The van der Waals surface area contributed by atoms with Gasteiger partial charge in [0.1, 0.15) is 5.82 Å². The summed E-state index contributed by atoms with van der Waals surface area (Å²) < 4.78 is 17.9. The van der Waals surface area contributed by atoms with E-state index in [0.717, 1.165) is 5.56 Å². The standard InChI is InChI=1S/C14H19FN2O2/c15-12-3-1-11(2-4-12)5-8-17-13(18)14(16)6-9-19-10-7-14/h1-4H,5-10,16H2,(H,17,18). The molecule has 1 heterocycles. The lowest BCUT2D eigenvalue weighted by Crippen LogP contribution is -2.57. The van der Waals surface area contributed by atoms with Gasteiger partial charge < -0.3 is 15.8 Å². The molecule has 0 saturated carbocycles. The fourth-order valence-electron chi connectivity index (χ4n) is 2.11. The van der Waals surface area contributed by atoms with Crippen LogP contribution in [0.1, 0.15) is 18.4 Å². The lowest BCUT2D eigenvalue weighted by Gasteiger charge is -2.31. The minimum atomic E-state index is -0.805. The van der Waals surface area contributed by atoms with Crippen LogP contribution < -0.4 is 11.1 Å². The molecule has 0 aromatic heterocycles. The van der Waals surface area contributed by atoms with Crippen LogP contribution in [0.4, 0.5) is 4.39 Å². The molecular weight excluding hydrogens is 247 g/mol. The zero-order chi connectivity index (χ0) is 13.7. The Kier molecular flexibility index (Phi) is 4.50. The predicted molar refractivity (Wildman–Crippen MR) is 70.1 cm³/mol. The van der Waals surface area contributed by atoms with Gasteiger partial charge >= 0.3 is 0 Å². The van der Waals surface area contributed by atoms with Crippen molar-refractivity contribution in [2.75, 3.05) is 19.8 Å². The Morgan fingerprint density at radius 2 is 1.95 bits per heavy atom. The maximum Gasteiger partial charge on any atom is 0.240 e. The molecule has 1 aliphatic rings. The molecule has 0 spiro atoms. The Morgan fingerprint density at radius 3 is 2.58 bits per heavy atom. The molecule has 1 aromatic rings. The second kappa shape index (κ2) is 6.12.